The molecule has 4 heteroatoms. The monoisotopic (exact) mass is 229 g/mol. The number of hydrogen-bond donors (Lipinski definition) is 0. The maximum absolute atomic E-state index is 11.6. The van der Waals surface area contributed by atoms with E-state index in [4.69, 9.17) is 9.47 Å². The molecule has 1 saturated heterocycles. The van der Waals surface area contributed by atoms with Crippen LogP contribution in [0, 0.1) is 0 Å². The molecule has 1 aliphatic heterocycles. The molecule has 2 unspecified atom stereocenters. The maximum atomic E-state index is 11.6. The molecule has 0 aromatic rings. The lowest BCUT2D eigenvalue weighted by Gasteiger charge is -2.35. The van der Waals surface area contributed by atoms with Crippen molar-refractivity contribution in [2.24, 2.45) is 0 Å². The minimum atomic E-state index is -0.150. The second kappa shape index (κ2) is 6.86. The van der Waals surface area contributed by atoms with Gasteiger partial charge in [0.05, 0.1) is 12.7 Å². The highest BCUT2D eigenvalue weighted by atomic mass is 16.5. The molecule has 0 saturated carbocycles. The third kappa shape index (κ3) is 3.76. The van der Waals surface area contributed by atoms with E-state index in [1.54, 1.807) is 0 Å². The summed E-state index contributed by atoms with van der Waals surface area (Å²) in [5.41, 5.74) is 0. The lowest BCUT2D eigenvalue weighted by molar-refractivity contribution is -0.150. The largest absolute Gasteiger partial charge is 0.465 e. The topological polar surface area (TPSA) is 38.8 Å². The van der Waals surface area contributed by atoms with Gasteiger partial charge in [0.25, 0.3) is 0 Å². The van der Waals surface area contributed by atoms with Crippen LogP contribution in [0.1, 0.15) is 33.6 Å². The number of nitrogens with zero attached hydrogens (tertiary/aromatic N) is 1. The summed E-state index contributed by atoms with van der Waals surface area (Å²) >= 11 is 0. The van der Waals surface area contributed by atoms with Crippen molar-refractivity contribution in [1.29, 1.82) is 0 Å². The lowest BCUT2D eigenvalue weighted by Crippen LogP contribution is -2.48. The Hall–Kier alpha value is -0.610. The molecule has 0 amide bonds. The normalized spacial score (nSPS) is 24.1. The number of carbonyl (C=O) groups is 1. The van der Waals surface area contributed by atoms with E-state index < -0.39 is 0 Å². The first-order valence-electron chi connectivity index (χ1n) is 6.21. The highest BCUT2D eigenvalue weighted by Gasteiger charge is 2.28. The Bertz CT molecular complexity index is 218. The molecule has 0 aromatic heterocycles. The van der Waals surface area contributed by atoms with Crippen LogP contribution >= 0.6 is 0 Å². The van der Waals surface area contributed by atoms with Gasteiger partial charge in [-0.3, -0.25) is 9.69 Å². The predicted octanol–water partition coefficient (Wildman–Crippen LogP) is 1.44. The summed E-state index contributed by atoms with van der Waals surface area (Å²) < 4.78 is 10.6. The van der Waals surface area contributed by atoms with Crippen molar-refractivity contribution in [1.82, 2.24) is 4.90 Å². The Labute approximate surface area is 97.9 Å². The van der Waals surface area contributed by atoms with Crippen LogP contribution in [0.2, 0.25) is 0 Å². The van der Waals surface area contributed by atoms with E-state index in [2.05, 4.69) is 4.90 Å². The van der Waals surface area contributed by atoms with E-state index in [9.17, 15) is 4.79 Å². The van der Waals surface area contributed by atoms with Gasteiger partial charge in [-0.2, -0.15) is 0 Å². The van der Waals surface area contributed by atoms with Gasteiger partial charge in [0.1, 0.15) is 6.04 Å². The van der Waals surface area contributed by atoms with E-state index in [0.717, 1.165) is 32.5 Å². The van der Waals surface area contributed by atoms with Crippen LogP contribution in [0.4, 0.5) is 0 Å². The number of esters is 1. The SMILES string of the molecule is CCOC(=O)C(C)N1CCCC(OCC)C1. The van der Waals surface area contributed by atoms with Gasteiger partial charge in [-0.15, -0.1) is 0 Å². The van der Waals surface area contributed by atoms with Crippen LogP contribution in [-0.2, 0) is 14.3 Å². The first kappa shape index (κ1) is 13.5. The zero-order valence-corrected chi connectivity index (χ0v) is 10.6. The summed E-state index contributed by atoms with van der Waals surface area (Å²) in [6, 6.07) is -0.150. The molecule has 0 radical (unpaired) electrons. The minimum Gasteiger partial charge on any atom is -0.465 e. The molecule has 16 heavy (non-hydrogen) atoms. The molecular formula is C12H23NO3. The molecule has 1 heterocycles. The quantitative estimate of drug-likeness (QED) is 0.669. The van der Waals surface area contributed by atoms with Gasteiger partial charge in [-0.1, -0.05) is 0 Å². The Balaban J connectivity index is 2.43. The molecule has 0 spiro atoms. The Morgan fingerprint density at radius 2 is 2.19 bits per heavy atom. The van der Waals surface area contributed by atoms with Crippen molar-refractivity contribution in [2.45, 2.75) is 45.8 Å². The number of carbonyl (C=O) groups excluding carboxylic acids is 1. The fourth-order valence-electron chi connectivity index (χ4n) is 2.10. The minimum absolute atomic E-state index is 0.125. The predicted molar refractivity (Wildman–Crippen MR) is 62.3 cm³/mol. The van der Waals surface area contributed by atoms with Crippen LogP contribution in [0.3, 0.4) is 0 Å². The van der Waals surface area contributed by atoms with Crippen LogP contribution in [-0.4, -0.2) is 49.3 Å². The summed E-state index contributed by atoms with van der Waals surface area (Å²) in [6.45, 7) is 8.75. The second-order valence-corrected chi connectivity index (χ2v) is 4.14. The van der Waals surface area contributed by atoms with Gasteiger partial charge in [0.2, 0.25) is 0 Å². The number of ether oxygens (including phenoxy) is 2. The van der Waals surface area contributed by atoms with E-state index >= 15 is 0 Å². The molecule has 1 rings (SSSR count). The van der Waals surface area contributed by atoms with Crippen molar-refractivity contribution in [3.8, 4) is 0 Å². The standard InChI is InChI=1S/C12H23NO3/c1-4-15-11-7-6-8-13(9-11)10(3)12(14)16-5-2/h10-11H,4-9H2,1-3H3. The molecule has 1 aliphatic rings. The Morgan fingerprint density at radius 3 is 2.81 bits per heavy atom. The molecule has 4 nitrogen and oxygen atoms in total. The molecule has 0 bridgehead atoms. The van der Waals surface area contributed by atoms with Gasteiger partial charge in [0, 0.05) is 13.2 Å². The molecule has 1 fully saturated rings. The molecule has 94 valence electrons. The van der Waals surface area contributed by atoms with Crippen molar-refractivity contribution in [3.05, 3.63) is 0 Å². The summed E-state index contributed by atoms with van der Waals surface area (Å²) in [6.07, 6.45) is 2.46. The van der Waals surface area contributed by atoms with Crippen LogP contribution in [0.25, 0.3) is 0 Å². The van der Waals surface area contributed by atoms with Gasteiger partial charge in [-0.25, -0.2) is 0 Å². The second-order valence-electron chi connectivity index (χ2n) is 4.14. The zero-order valence-electron chi connectivity index (χ0n) is 10.6. The highest BCUT2D eigenvalue weighted by Crippen LogP contribution is 2.16. The van der Waals surface area contributed by atoms with Gasteiger partial charge in [-0.05, 0) is 40.2 Å². The van der Waals surface area contributed by atoms with Gasteiger partial charge in [0.15, 0.2) is 0 Å². The summed E-state index contributed by atoms with van der Waals surface area (Å²) in [5.74, 6) is -0.125. The average molecular weight is 229 g/mol. The summed E-state index contributed by atoms with van der Waals surface area (Å²) in [5, 5.41) is 0. The molecule has 2 atom stereocenters. The van der Waals surface area contributed by atoms with Crippen LogP contribution < -0.4 is 0 Å². The van der Waals surface area contributed by atoms with Crippen LogP contribution in [0.5, 0.6) is 0 Å². The smallest absolute Gasteiger partial charge is 0.323 e. The van der Waals surface area contributed by atoms with Crippen molar-refractivity contribution >= 4 is 5.97 Å². The Morgan fingerprint density at radius 1 is 1.44 bits per heavy atom. The fourth-order valence-corrected chi connectivity index (χ4v) is 2.10. The van der Waals surface area contributed by atoms with Crippen LogP contribution in [0.15, 0.2) is 0 Å². The third-order valence-electron chi connectivity index (χ3n) is 2.99. The van der Waals surface area contributed by atoms with Gasteiger partial charge >= 0.3 is 5.97 Å². The number of hydrogen-bond acceptors (Lipinski definition) is 4. The van der Waals surface area contributed by atoms with E-state index in [0.29, 0.717) is 6.61 Å². The van der Waals surface area contributed by atoms with E-state index in [-0.39, 0.29) is 18.1 Å². The molecule has 0 N–H and O–H groups in total. The maximum Gasteiger partial charge on any atom is 0.323 e. The molecule has 0 aromatic carbocycles. The highest BCUT2D eigenvalue weighted by molar-refractivity contribution is 5.75. The number of likely N-dealkylation sites (tertiary alicyclic amines) is 1. The summed E-state index contributed by atoms with van der Waals surface area (Å²) in [4.78, 5) is 13.8. The first-order chi connectivity index (χ1) is 7.69. The number of rotatable bonds is 5. The van der Waals surface area contributed by atoms with E-state index in [1.165, 1.54) is 0 Å². The molecule has 0 aliphatic carbocycles. The third-order valence-corrected chi connectivity index (χ3v) is 2.99. The van der Waals surface area contributed by atoms with Crippen molar-refractivity contribution in [2.75, 3.05) is 26.3 Å². The lowest BCUT2D eigenvalue weighted by atomic mass is 10.1. The summed E-state index contributed by atoms with van der Waals surface area (Å²) in [7, 11) is 0. The zero-order chi connectivity index (χ0) is 12.0. The van der Waals surface area contributed by atoms with Gasteiger partial charge < -0.3 is 9.47 Å². The van der Waals surface area contributed by atoms with Crippen molar-refractivity contribution in [3.63, 3.8) is 0 Å². The van der Waals surface area contributed by atoms with Crippen molar-refractivity contribution < 1.29 is 14.3 Å². The first-order valence-corrected chi connectivity index (χ1v) is 6.21. The molecular weight excluding hydrogens is 206 g/mol. The number of piperidine rings is 1. The van der Waals surface area contributed by atoms with E-state index in [1.807, 2.05) is 20.8 Å². The Kier molecular flexibility index (Phi) is 5.77. The fraction of sp³-hybridized carbons (Fsp3) is 0.917. The average Bonchev–Trinajstić information content (AvgIpc) is 2.29.